The number of hydrogen-bond donors (Lipinski definition) is 2. The van der Waals surface area contributed by atoms with Gasteiger partial charge in [-0.15, -0.1) is 0 Å². The van der Waals surface area contributed by atoms with Crippen LogP contribution in [0.2, 0.25) is 0 Å². The van der Waals surface area contributed by atoms with Gasteiger partial charge in [-0.1, -0.05) is 6.42 Å². The number of anilines is 2. The van der Waals surface area contributed by atoms with Crippen molar-refractivity contribution in [3.63, 3.8) is 0 Å². The number of hydrogen-bond acceptors (Lipinski definition) is 5. The van der Waals surface area contributed by atoms with Gasteiger partial charge in [0, 0.05) is 17.9 Å². The normalized spacial score (nSPS) is 14.5. The Labute approximate surface area is 155 Å². The molecular formula is C21H26N4O. The first kappa shape index (κ1) is 18.1. The average Bonchev–Trinajstić information content (AvgIpc) is 2.72. The molecule has 3 rings (SSSR count). The van der Waals surface area contributed by atoms with Gasteiger partial charge in [-0.2, -0.15) is 5.26 Å². The van der Waals surface area contributed by atoms with Crippen LogP contribution < -0.4 is 15.4 Å². The Kier molecular flexibility index (Phi) is 6.34. The largest absolute Gasteiger partial charge is 0.497 e. The third-order valence-electron chi connectivity index (χ3n) is 4.75. The van der Waals surface area contributed by atoms with E-state index in [2.05, 4.69) is 27.7 Å². The van der Waals surface area contributed by atoms with Crippen molar-refractivity contribution in [3.8, 4) is 11.8 Å². The molecule has 0 aromatic heterocycles. The smallest absolute Gasteiger partial charge is 0.119 e. The first-order valence-electron chi connectivity index (χ1n) is 9.15. The summed E-state index contributed by atoms with van der Waals surface area (Å²) in [6.45, 7) is 3.79. The molecule has 2 aromatic carbocycles. The maximum atomic E-state index is 9.39. The van der Waals surface area contributed by atoms with E-state index in [1.54, 1.807) is 7.11 Å². The van der Waals surface area contributed by atoms with Gasteiger partial charge < -0.3 is 15.4 Å². The molecule has 0 saturated carbocycles. The Morgan fingerprint density at radius 3 is 2.42 bits per heavy atom. The third-order valence-corrected chi connectivity index (χ3v) is 4.75. The summed E-state index contributed by atoms with van der Waals surface area (Å²) >= 11 is 0. The number of rotatable bonds is 7. The van der Waals surface area contributed by atoms with Gasteiger partial charge in [-0.05, 0) is 74.0 Å². The molecule has 2 aromatic rings. The highest BCUT2D eigenvalue weighted by Gasteiger charge is 2.10. The standard InChI is InChI=1S/C21H26N4O/c1-26-21-9-7-19(8-10-21)23-15-18-13-20(6-5-17(18)14-22)24-16-25-11-3-2-4-12-25/h5-10,13,23-24H,2-4,11-12,15-16H2,1H3. The highest BCUT2D eigenvalue weighted by Crippen LogP contribution is 2.20. The zero-order chi connectivity index (χ0) is 18.2. The predicted octanol–water partition coefficient (Wildman–Crippen LogP) is 4.03. The van der Waals surface area contributed by atoms with Crippen LogP contribution >= 0.6 is 0 Å². The molecule has 136 valence electrons. The summed E-state index contributed by atoms with van der Waals surface area (Å²) < 4.78 is 5.18. The number of nitriles is 1. The summed E-state index contributed by atoms with van der Waals surface area (Å²) in [5, 5.41) is 16.3. The van der Waals surface area contributed by atoms with Crippen LogP contribution in [-0.4, -0.2) is 31.8 Å². The van der Waals surface area contributed by atoms with Crippen LogP contribution in [0.5, 0.6) is 5.75 Å². The molecule has 26 heavy (non-hydrogen) atoms. The van der Waals surface area contributed by atoms with Gasteiger partial charge in [0.2, 0.25) is 0 Å². The van der Waals surface area contributed by atoms with Crippen LogP contribution in [0.4, 0.5) is 11.4 Å². The summed E-state index contributed by atoms with van der Waals surface area (Å²) in [6, 6.07) is 16.0. The van der Waals surface area contributed by atoms with Gasteiger partial charge in [0.15, 0.2) is 0 Å². The van der Waals surface area contributed by atoms with Gasteiger partial charge in [0.05, 0.1) is 25.4 Å². The minimum absolute atomic E-state index is 0.606. The minimum atomic E-state index is 0.606. The number of nitrogens with zero attached hydrogens (tertiary/aromatic N) is 2. The molecule has 2 N–H and O–H groups in total. The van der Waals surface area contributed by atoms with Crippen molar-refractivity contribution in [2.75, 3.05) is 37.5 Å². The Morgan fingerprint density at radius 2 is 1.73 bits per heavy atom. The number of piperidine rings is 1. The van der Waals surface area contributed by atoms with Gasteiger partial charge >= 0.3 is 0 Å². The molecule has 0 spiro atoms. The number of likely N-dealkylation sites (tertiary alicyclic amines) is 1. The molecule has 5 nitrogen and oxygen atoms in total. The fourth-order valence-corrected chi connectivity index (χ4v) is 3.19. The monoisotopic (exact) mass is 350 g/mol. The van der Waals surface area contributed by atoms with Crippen molar-refractivity contribution in [1.82, 2.24) is 4.90 Å². The molecule has 1 aliphatic heterocycles. The molecule has 0 bridgehead atoms. The summed E-state index contributed by atoms with van der Waals surface area (Å²) in [6.07, 6.45) is 3.91. The van der Waals surface area contributed by atoms with Crippen LogP contribution in [0.25, 0.3) is 0 Å². The topological polar surface area (TPSA) is 60.3 Å². The lowest BCUT2D eigenvalue weighted by atomic mass is 10.1. The first-order chi connectivity index (χ1) is 12.8. The van der Waals surface area contributed by atoms with Crippen LogP contribution in [0.1, 0.15) is 30.4 Å². The molecule has 1 aliphatic rings. The van der Waals surface area contributed by atoms with Crippen molar-refractivity contribution in [1.29, 1.82) is 5.26 Å². The highest BCUT2D eigenvalue weighted by atomic mass is 16.5. The van der Waals surface area contributed by atoms with E-state index in [1.807, 2.05) is 36.4 Å². The Balaban J connectivity index is 1.61. The lowest BCUT2D eigenvalue weighted by molar-refractivity contribution is 0.244. The average molecular weight is 350 g/mol. The van der Waals surface area contributed by atoms with E-state index in [1.165, 1.54) is 19.3 Å². The van der Waals surface area contributed by atoms with Crippen LogP contribution in [0, 0.1) is 11.3 Å². The van der Waals surface area contributed by atoms with E-state index >= 15 is 0 Å². The van der Waals surface area contributed by atoms with Crippen molar-refractivity contribution < 1.29 is 4.74 Å². The Morgan fingerprint density at radius 1 is 1.00 bits per heavy atom. The maximum absolute atomic E-state index is 9.39. The van der Waals surface area contributed by atoms with E-state index in [-0.39, 0.29) is 0 Å². The predicted molar refractivity (Wildman–Crippen MR) is 105 cm³/mol. The van der Waals surface area contributed by atoms with E-state index in [0.29, 0.717) is 12.1 Å². The van der Waals surface area contributed by atoms with Gasteiger partial charge in [-0.25, -0.2) is 0 Å². The summed E-state index contributed by atoms with van der Waals surface area (Å²) in [4.78, 5) is 2.44. The number of ether oxygens (including phenoxy) is 1. The summed E-state index contributed by atoms with van der Waals surface area (Å²) in [5.41, 5.74) is 3.75. The van der Waals surface area contributed by atoms with Crippen molar-refractivity contribution in [2.45, 2.75) is 25.8 Å². The third kappa shape index (κ3) is 4.90. The van der Waals surface area contributed by atoms with E-state index in [4.69, 9.17) is 4.74 Å². The lowest BCUT2D eigenvalue weighted by Crippen LogP contribution is -2.34. The van der Waals surface area contributed by atoms with E-state index in [0.717, 1.165) is 42.4 Å². The number of nitrogens with one attached hydrogen (secondary N) is 2. The lowest BCUT2D eigenvalue weighted by Gasteiger charge is -2.27. The number of methoxy groups -OCH3 is 1. The summed E-state index contributed by atoms with van der Waals surface area (Å²) in [5.74, 6) is 0.831. The molecule has 0 radical (unpaired) electrons. The zero-order valence-corrected chi connectivity index (χ0v) is 15.3. The number of benzene rings is 2. The summed E-state index contributed by atoms with van der Waals surface area (Å²) in [7, 11) is 1.66. The van der Waals surface area contributed by atoms with E-state index in [9.17, 15) is 5.26 Å². The fraction of sp³-hybridized carbons (Fsp3) is 0.381. The van der Waals surface area contributed by atoms with Gasteiger partial charge in [-0.3, -0.25) is 4.90 Å². The second-order valence-electron chi connectivity index (χ2n) is 6.58. The SMILES string of the molecule is COc1ccc(NCc2cc(NCN3CCCCC3)ccc2C#N)cc1. The zero-order valence-electron chi connectivity index (χ0n) is 15.3. The van der Waals surface area contributed by atoms with E-state index < -0.39 is 0 Å². The highest BCUT2D eigenvalue weighted by molar-refractivity contribution is 5.54. The molecule has 0 unspecified atom stereocenters. The van der Waals surface area contributed by atoms with Crippen molar-refractivity contribution >= 4 is 11.4 Å². The molecule has 1 fully saturated rings. The molecule has 0 atom stereocenters. The Hall–Kier alpha value is -2.71. The molecule has 5 heteroatoms. The first-order valence-corrected chi connectivity index (χ1v) is 9.15. The molecule has 1 heterocycles. The minimum Gasteiger partial charge on any atom is -0.497 e. The Bertz CT molecular complexity index is 746. The molecule has 0 amide bonds. The van der Waals surface area contributed by atoms with Crippen LogP contribution in [-0.2, 0) is 6.54 Å². The molecular weight excluding hydrogens is 324 g/mol. The van der Waals surface area contributed by atoms with Crippen molar-refractivity contribution in [3.05, 3.63) is 53.6 Å². The van der Waals surface area contributed by atoms with Gasteiger partial charge in [0.1, 0.15) is 5.75 Å². The van der Waals surface area contributed by atoms with Gasteiger partial charge in [0.25, 0.3) is 0 Å². The second kappa shape index (κ2) is 9.12. The second-order valence-corrected chi connectivity index (χ2v) is 6.58. The molecule has 0 aliphatic carbocycles. The fourth-order valence-electron chi connectivity index (χ4n) is 3.19. The van der Waals surface area contributed by atoms with Crippen LogP contribution in [0.15, 0.2) is 42.5 Å². The molecule has 1 saturated heterocycles. The van der Waals surface area contributed by atoms with Crippen molar-refractivity contribution in [2.24, 2.45) is 0 Å². The quantitative estimate of drug-likeness (QED) is 0.789. The maximum Gasteiger partial charge on any atom is 0.119 e. The van der Waals surface area contributed by atoms with Crippen LogP contribution in [0.3, 0.4) is 0 Å².